The average molecular weight is 535 g/mol. The zero-order valence-corrected chi connectivity index (χ0v) is 25.4. The molecule has 3 aromatic rings. The van der Waals surface area contributed by atoms with Crippen molar-refractivity contribution in [3.05, 3.63) is 71.1 Å². The first kappa shape index (κ1) is 30.6. The number of hydrogen-bond acceptors (Lipinski definition) is 6. The van der Waals surface area contributed by atoms with Crippen molar-refractivity contribution in [1.82, 2.24) is 0 Å². The lowest BCUT2D eigenvalue weighted by Gasteiger charge is -2.47. The standard InChI is InChI=1S/C33H46N2O4/c1-11-31(5,6)34(36)26-14-12-25-23-27(15-13-24(25)22-26)35(37)32(7,8)20-21-33(9,10)39-29-18-16-28(17-19-29)38-30(2,3)4/h12-19,22-23H,11,20-21H2,1-10H3/q-2. The Balaban J connectivity index is 1.67. The van der Waals surface area contributed by atoms with E-state index in [1.54, 1.807) is 0 Å². The minimum atomic E-state index is -0.643. The molecule has 3 aromatic carbocycles. The van der Waals surface area contributed by atoms with Gasteiger partial charge in [0.05, 0.1) is 0 Å². The molecule has 214 valence electrons. The second-order valence-corrected chi connectivity index (χ2v) is 13.3. The van der Waals surface area contributed by atoms with Gasteiger partial charge in [0.15, 0.2) is 0 Å². The van der Waals surface area contributed by atoms with Gasteiger partial charge < -0.3 is 30.0 Å². The molecule has 0 atom stereocenters. The predicted molar refractivity (Wildman–Crippen MR) is 165 cm³/mol. The van der Waals surface area contributed by atoms with Crippen molar-refractivity contribution < 1.29 is 9.47 Å². The molecule has 0 saturated heterocycles. The lowest BCUT2D eigenvalue weighted by molar-refractivity contribution is 0.0898. The van der Waals surface area contributed by atoms with Crippen LogP contribution in [0, 0.1) is 10.4 Å². The lowest BCUT2D eigenvalue weighted by Crippen LogP contribution is -2.42. The first-order valence-corrected chi connectivity index (χ1v) is 13.9. The number of nitrogens with zero attached hydrogens (tertiary/aromatic N) is 2. The van der Waals surface area contributed by atoms with Crippen LogP contribution >= 0.6 is 0 Å². The summed E-state index contributed by atoms with van der Waals surface area (Å²) >= 11 is 0. The monoisotopic (exact) mass is 534 g/mol. The zero-order chi connectivity index (χ0) is 29.2. The van der Waals surface area contributed by atoms with Crippen LogP contribution in [0.5, 0.6) is 11.5 Å². The van der Waals surface area contributed by atoms with Crippen molar-refractivity contribution in [2.24, 2.45) is 0 Å². The molecule has 0 N–H and O–H groups in total. The fraction of sp³-hybridized carbons (Fsp3) is 0.515. The zero-order valence-electron chi connectivity index (χ0n) is 25.4. The Morgan fingerprint density at radius 1 is 0.590 bits per heavy atom. The van der Waals surface area contributed by atoms with Gasteiger partial charge in [-0.25, -0.2) is 0 Å². The van der Waals surface area contributed by atoms with E-state index in [-0.39, 0.29) is 5.60 Å². The van der Waals surface area contributed by atoms with Gasteiger partial charge in [-0.1, -0.05) is 19.1 Å². The van der Waals surface area contributed by atoms with Crippen molar-refractivity contribution >= 4 is 22.1 Å². The van der Waals surface area contributed by atoms with E-state index in [1.165, 1.54) is 0 Å². The number of rotatable bonds is 11. The smallest absolute Gasteiger partial charge is 0.120 e. The van der Waals surface area contributed by atoms with Crippen LogP contribution in [0.2, 0.25) is 0 Å². The van der Waals surface area contributed by atoms with E-state index in [2.05, 4.69) is 0 Å². The molecule has 0 saturated carbocycles. The quantitative estimate of drug-likeness (QED) is 0.228. The summed E-state index contributed by atoms with van der Waals surface area (Å²) in [7, 11) is 0. The summed E-state index contributed by atoms with van der Waals surface area (Å²) in [6.07, 6.45) is 2.08. The Morgan fingerprint density at radius 2 is 1.03 bits per heavy atom. The van der Waals surface area contributed by atoms with Crippen LogP contribution in [0.3, 0.4) is 0 Å². The SMILES string of the molecule is CCC(C)(C)N([O-])c1ccc2cc(N([O-])C(C)(C)CCC(C)(C)Oc3ccc(OC(C)(C)C)cc3)ccc2c1. The summed E-state index contributed by atoms with van der Waals surface area (Å²) in [4.78, 5) is 0. The molecule has 0 fully saturated rings. The molecule has 3 rings (SSSR count). The molecule has 0 aliphatic heterocycles. The topological polar surface area (TPSA) is 71.1 Å². The third-order valence-electron chi connectivity index (χ3n) is 7.22. The van der Waals surface area contributed by atoms with Gasteiger partial charge in [-0.15, -0.1) is 0 Å². The largest absolute Gasteiger partial charge is 0.758 e. The first-order valence-electron chi connectivity index (χ1n) is 13.9. The minimum absolute atomic E-state index is 0.255. The van der Waals surface area contributed by atoms with E-state index in [4.69, 9.17) is 9.47 Å². The fourth-order valence-electron chi connectivity index (χ4n) is 4.32. The third-order valence-corrected chi connectivity index (χ3v) is 7.22. The van der Waals surface area contributed by atoms with Crippen LogP contribution in [0.15, 0.2) is 60.7 Å². The first-order chi connectivity index (χ1) is 17.9. The number of anilines is 2. The number of fused-ring (bicyclic) bond motifs is 1. The summed E-state index contributed by atoms with van der Waals surface area (Å²) in [6.45, 7) is 20.0. The second-order valence-electron chi connectivity index (χ2n) is 13.3. The minimum Gasteiger partial charge on any atom is -0.758 e. The molecule has 0 aromatic heterocycles. The van der Waals surface area contributed by atoms with Crippen molar-refractivity contribution in [3.63, 3.8) is 0 Å². The van der Waals surface area contributed by atoms with Gasteiger partial charge in [-0.05, 0) is 141 Å². The Morgan fingerprint density at radius 3 is 1.46 bits per heavy atom. The van der Waals surface area contributed by atoms with Gasteiger partial charge in [0, 0.05) is 22.5 Å². The van der Waals surface area contributed by atoms with Crippen molar-refractivity contribution in [3.8, 4) is 11.5 Å². The summed E-state index contributed by atoms with van der Waals surface area (Å²) in [6, 6.07) is 19.0. The molecule has 39 heavy (non-hydrogen) atoms. The van der Waals surface area contributed by atoms with E-state index in [9.17, 15) is 10.4 Å². The summed E-state index contributed by atoms with van der Waals surface area (Å²) in [5, 5.41) is 30.3. The summed E-state index contributed by atoms with van der Waals surface area (Å²) in [5.41, 5.74) is -0.613. The van der Waals surface area contributed by atoms with Gasteiger partial charge in [0.25, 0.3) is 0 Å². The highest BCUT2D eigenvalue weighted by atomic mass is 16.5. The van der Waals surface area contributed by atoms with Gasteiger partial charge in [-0.2, -0.15) is 0 Å². The molecule has 6 heteroatoms. The van der Waals surface area contributed by atoms with Gasteiger partial charge >= 0.3 is 0 Å². The van der Waals surface area contributed by atoms with Crippen LogP contribution in [-0.2, 0) is 0 Å². The lowest BCUT2D eigenvalue weighted by atomic mass is 9.90. The maximum Gasteiger partial charge on any atom is 0.120 e. The molecule has 0 bridgehead atoms. The van der Waals surface area contributed by atoms with Crippen molar-refractivity contribution in [1.29, 1.82) is 0 Å². The predicted octanol–water partition coefficient (Wildman–Crippen LogP) is 9.23. The Bertz CT molecular complexity index is 1240. The maximum atomic E-state index is 13.5. The number of hydroxylamine groups is 2. The molecule has 0 spiro atoms. The van der Waals surface area contributed by atoms with Crippen molar-refractivity contribution in [2.75, 3.05) is 10.1 Å². The van der Waals surface area contributed by atoms with E-state index >= 15 is 0 Å². The van der Waals surface area contributed by atoms with Crippen molar-refractivity contribution in [2.45, 2.75) is 111 Å². The summed E-state index contributed by atoms with van der Waals surface area (Å²) < 4.78 is 12.2. The Labute approximate surface area is 235 Å². The van der Waals surface area contributed by atoms with Crippen LogP contribution in [-0.4, -0.2) is 22.3 Å². The second kappa shape index (κ2) is 11.3. The van der Waals surface area contributed by atoms with E-state index in [0.29, 0.717) is 24.2 Å². The molecule has 0 unspecified atom stereocenters. The molecule has 6 nitrogen and oxygen atoms in total. The number of ether oxygens (including phenoxy) is 2. The highest BCUT2D eigenvalue weighted by Crippen LogP contribution is 2.35. The van der Waals surface area contributed by atoms with E-state index in [1.807, 2.05) is 130 Å². The number of benzene rings is 3. The van der Waals surface area contributed by atoms with Gasteiger partial charge in [0.1, 0.15) is 22.7 Å². The molecular formula is C33H46N2O4-2. The Hall–Kier alpha value is -2.96. The molecule has 0 amide bonds. The molecular weight excluding hydrogens is 488 g/mol. The highest BCUT2D eigenvalue weighted by molar-refractivity contribution is 5.89. The normalized spacial score (nSPS) is 12.9. The van der Waals surface area contributed by atoms with E-state index in [0.717, 1.165) is 38.8 Å². The van der Waals surface area contributed by atoms with Crippen LogP contribution in [0.4, 0.5) is 11.4 Å². The highest BCUT2D eigenvalue weighted by Gasteiger charge is 2.27. The maximum absolute atomic E-state index is 13.5. The van der Waals surface area contributed by atoms with Crippen LogP contribution < -0.4 is 19.6 Å². The third kappa shape index (κ3) is 8.02. The summed E-state index contributed by atoms with van der Waals surface area (Å²) in [5.74, 6) is 1.57. The average Bonchev–Trinajstić information content (AvgIpc) is 2.86. The number of hydrogen-bond donors (Lipinski definition) is 0. The molecule has 0 radical (unpaired) electrons. The Kier molecular flexibility index (Phi) is 8.83. The van der Waals surface area contributed by atoms with E-state index < -0.39 is 16.7 Å². The molecule has 0 heterocycles. The molecule has 0 aliphatic rings. The van der Waals surface area contributed by atoms with Gasteiger partial charge in [-0.3, -0.25) is 0 Å². The van der Waals surface area contributed by atoms with Crippen LogP contribution in [0.1, 0.15) is 88.5 Å². The van der Waals surface area contributed by atoms with Crippen LogP contribution in [0.25, 0.3) is 10.8 Å². The van der Waals surface area contributed by atoms with Gasteiger partial charge in [0.2, 0.25) is 0 Å². The fourth-order valence-corrected chi connectivity index (χ4v) is 4.32. The molecule has 0 aliphatic carbocycles.